The molecule has 2 saturated heterocycles. The lowest BCUT2D eigenvalue weighted by Gasteiger charge is -2.35. The molecule has 0 spiro atoms. The molecule has 0 unspecified atom stereocenters. The first-order valence-electron chi connectivity index (χ1n) is 7.59. The van der Waals surface area contributed by atoms with Gasteiger partial charge >= 0.3 is 0 Å². The van der Waals surface area contributed by atoms with E-state index in [9.17, 15) is 14.4 Å². The van der Waals surface area contributed by atoms with Crippen LogP contribution in [0.3, 0.4) is 0 Å². The lowest BCUT2D eigenvalue weighted by molar-refractivity contribution is -0.135. The van der Waals surface area contributed by atoms with Crippen LogP contribution in [-0.2, 0) is 9.59 Å². The summed E-state index contributed by atoms with van der Waals surface area (Å²) in [5, 5.41) is -0.160. The molecule has 0 atom stereocenters. The third kappa shape index (κ3) is 3.67. The van der Waals surface area contributed by atoms with Crippen LogP contribution in [0.15, 0.2) is 30.3 Å². The van der Waals surface area contributed by atoms with E-state index in [0.29, 0.717) is 31.7 Å². The number of thioether (sulfide) groups is 1. The van der Waals surface area contributed by atoms with E-state index in [0.717, 1.165) is 11.8 Å². The zero-order valence-electron chi connectivity index (χ0n) is 12.6. The Morgan fingerprint density at radius 2 is 1.87 bits per heavy atom. The van der Waals surface area contributed by atoms with Gasteiger partial charge in [-0.1, -0.05) is 30.0 Å². The SMILES string of the molecule is O=C(COc1ccccc1)N1CCC(N2C(=O)CSC2=O)CC1. The molecule has 3 rings (SSSR count). The monoisotopic (exact) mass is 334 g/mol. The summed E-state index contributed by atoms with van der Waals surface area (Å²) < 4.78 is 5.47. The Labute approximate surface area is 138 Å². The Morgan fingerprint density at radius 1 is 1.17 bits per heavy atom. The Kier molecular flexibility index (Phi) is 4.85. The van der Waals surface area contributed by atoms with E-state index in [1.165, 1.54) is 4.90 Å². The molecule has 2 aliphatic rings. The highest BCUT2D eigenvalue weighted by Gasteiger charge is 2.37. The van der Waals surface area contributed by atoms with Gasteiger partial charge in [0.2, 0.25) is 5.91 Å². The molecule has 23 heavy (non-hydrogen) atoms. The van der Waals surface area contributed by atoms with Crippen molar-refractivity contribution in [2.24, 2.45) is 0 Å². The second kappa shape index (κ2) is 7.04. The van der Waals surface area contributed by atoms with Crippen molar-refractivity contribution < 1.29 is 19.1 Å². The number of carbonyl (C=O) groups excluding carboxylic acids is 3. The largest absolute Gasteiger partial charge is 0.484 e. The summed E-state index contributed by atoms with van der Waals surface area (Å²) >= 11 is 1.06. The summed E-state index contributed by atoms with van der Waals surface area (Å²) in [4.78, 5) is 38.7. The maximum absolute atomic E-state index is 12.2. The van der Waals surface area contributed by atoms with Crippen molar-refractivity contribution in [2.75, 3.05) is 25.4 Å². The van der Waals surface area contributed by atoms with Crippen LogP contribution in [0.2, 0.25) is 0 Å². The molecular formula is C16H18N2O4S. The Balaban J connectivity index is 1.48. The number of imide groups is 1. The van der Waals surface area contributed by atoms with Gasteiger partial charge < -0.3 is 9.64 Å². The first kappa shape index (κ1) is 15.9. The van der Waals surface area contributed by atoms with Crippen molar-refractivity contribution in [2.45, 2.75) is 18.9 Å². The van der Waals surface area contributed by atoms with E-state index in [4.69, 9.17) is 4.74 Å². The molecule has 2 aliphatic heterocycles. The number of benzene rings is 1. The van der Waals surface area contributed by atoms with Crippen molar-refractivity contribution in [3.63, 3.8) is 0 Å². The molecule has 2 fully saturated rings. The van der Waals surface area contributed by atoms with E-state index in [-0.39, 0.29) is 35.5 Å². The van der Waals surface area contributed by atoms with E-state index >= 15 is 0 Å². The number of likely N-dealkylation sites (tertiary alicyclic amines) is 1. The van der Waals surface area contributed by atoms with Crippen LogP contribution in [0.5, 0.6) is 5.75 Å². The number of piperidine rings is 1. The van der Waals surface area contributed by atoms with Crippen molar-refractivity contribution >= 4 is 28.8 Å². The summed E-state index contributed by atoms with van der Waals surface area (Å²) in [6, 6.07) is 9.13. The third-order valence-corrected chi connectivity index (χ3v) is 4.91. The fourth-order valence-electron chi connectivity index (χ4n) is 2.84. The summed E-state index contributed by atoms with van der Waals surface area (Å²) in [7, 11) is 0. The van der Waals surface area contributed by atoms with E-state index < -0.39 is 0 Å². The smallest absolute Gasteiger partial charge is 0.289 e. The summed E-state index contributed by atoms with van der Waals surface area (Å²) in [5.74, 6) is 0.724. The molecular weight excluding hydrogens is 316 g/mol. The molecule has 122 valence electrons. The van der Waals surface area contributed by atoms with Gasteiger partial charge in [0.1, 0.15) is 5.75 Å². The van der Waals surface area contributed by atoms with Gasteiger partial charge in [0.25, 0.3) is 11.1 Å². The summed E-state index contributed by atoms with van der Waals surface area (Å²) in [5.41, 5.74) is 0. The van der Waals surface area contributed by atoms with Crippen molar-refractivity contribution in [3.8, 4) is 5.75 Å². The van der Waals surface area contributed by atoms with Crippen molar-refractivity contribution in [1.29, 1.82) is 0 Å². The molecule has 0 bridgehead atoms. The van der Waals surface area contributed by atoms with Crippen molar-refractivity contribution in [1.82, 2.24) is 9.80 Å². The van der Waals surface area contributed by atoms with Gasteiger partial charge in [-0.05, 0) is 25.0 Å². The van der Waals surface area contributed by atoms with Gasteiger partial charge in [0.15, 0.2) is 6.61 Å². The maximum Gasteiger partial charge on any atom is 0.289 e. The fraction of sp³-hybridized carbons (Fsp3) is 0.438. The lowest BCUT2D eigenvalue weighted by Crippen LogP contribution is -2.49. The fourth-order valence-corrected chi connectivity index (χ4v) is 3.62. The van der Waals surface area contributed by atoms with Gasteiger partial charge in [-0.3, -0.25) is 19.3 Å². The van der Waals surface area contributed by atoms with Crippen LogP contribution < -0.4 is 4.74 Å². The van der Waals surface area contributed by atoms with Gasteiger partial charge in [0.05, 0.1) is 5.75 Å². The first-order valence-corrected chi connectivity index (χ1v) is 8.58. The zero-order valence-corrected chi connectivity index (χ0v) is 13.5. The van der Waals surface area contributed by atoms with E-state index in [2.05, 4.69) is 0 Å². The maximum atomic E-state index is 12.2. The van der Waals surface area contributed by atoms with Crippen LogP contribution in [-0.4, -0.2) is 58.3 Å². The summed E-state index contributed by atoms with van der Waals surface area (Å²) in [6.45, 7) is 1.10. The van der Waals surface area contributed by atoms with Crippen LogP contribution in [0.25, 0.3) is 0 Å². The highest BCUT2D eigenvalue weighted by molar-refractivity contribution is 8.14. The second-order valence-corrected chi connectivity index (χ2v) is 6.46. The molecule has 7 heteroatoms. The molecule has 2 heterocycles. The minimum atomic E-state index is -0.160. The van der Waals surface area contributed by atoms with Crippen LogP contribution in [0.1, 0.15) is 12.8 Å². The quantitative estimate of drug-likeness (QED) is 0.839. The Morgan fingerprint density at radius 3 is 2.48 bits per heavy atom. The number of rotatable bonds is 4. The second-order valence-electron chi connectivity index (χ2n) is 5.53. The first-order chi connectivity index (χ1) is 11.1. The number of ether oxygens (including phenoxy) is 1. The minimum absolute atomic E-state index is 0.00606. The Bertz CT molecular complexity index is 583. The highest BCUT2D eigenvalue weighted by atomic mass is 32.2. The summed E-state index contributed by atoms with van der Waals surface area (Å²) in [6.07, 6.45) is 1.27. The van der Waals surface area contributed by atoms with E-state index in [1.54, 1.807) is 4.90 Å². The Hall–Kier alpha value is -2.02. The zero-order chi connectivity index (χ0) is 16.2. The van der Waals surface area contributed by atoms with E-state index in [1.807, 2.05) is 30.3 Å². The van der Waals surface area contributed by atoms with Crippen molar-refractivity contribution in [3.05, 3.63) is 30.3 Å². The van der Waals surface area contributed by atoms with Gasteiger partial charge in [-0.25, -0.2) is 0 Å². The number of amides is 3. The predicted molar refractivity (Wildman–Crippen MR) is 86.2 cm³/mol. The van der Waals surface area contributed by atoms with Gasteiger partial charge in [0, 0.05) is 19.1 Å². The number of hydrogen-bond acceptors (Lipinski definition) is 5. The average Bonchev–Trinajstić information content (AvgIpc) is 2.92. The predicted octanol–water partition coefficient (Wildman–Crippen LogP) is 1.75. The molecule has 3 amide bonds. The van der Waals surface area contributed by atoms with Crippen LogP contribution >= 0.6 is 11.8 Å². The molecule has 0 saturated carbocycles. The molecule has 0 N–H and O–H groups in total. The van der Waals surface area contributed by atoms with Crippen LogP contribution in [0, 0.1) is 0 Å². The molecule has 1 aromatic rings. The molecule has 0 radical (unpaired) electrons. The molecule has 6 nitrogen and oxygen atoms in total. The average molecular weight is 334 g/mol. The van der Waals surface area contributed by atoms with Gasteiger partial charge in [-0.15, -0.1) is 0 Å². The standard InChI is InChI=1S/C16H18N2O4S/c19-14(10-22-13-4-2-1-3-5-13)17-8-6-12(7-9-17)18-15(20)11-23-16(18)21/h1-5,12H,6-11H2. The lowest BCUT2D eigenvalue weighted by atomic mass is 10.0. The molecule has 0 aliphatic carbocycles. The molecule has 0 aromatic heterocycles. The number of hydrogen-bond donors (Lipinski definition) is 0. The highest BCUT2D eigenvalue weighted by Crippen LogP contribution is 2.26. The number of nitrogens with zero attached hydrogens (tertiary/aromatic N) is 2. The van der Waals surface area contributed by atoms with Crippen LogP contribution in [0.4, 0.5) is 4.79 Å². The number of carbonyl (C=O) groups is 3. The number of para-hydroxylation sites is 1. The van der Waals surface area contributed by atoms with Gasteiger partial charge in [-0.2, -0.15) is 0 Å². The molecule has 1 aromatic carbocycles. The normalized spacial score (nSPS) is 19.3. The minimum Gasteiger partial charge on any atom is -0.484 e. The third-order valence-electron chi connectivity index (χ3n) is 4.07. The topological polar surface area (TPSA) is 66.9 Å².